The van der Waals surface area contributed by atoms with Crippen molar-refractivity contribution < 1.29 is 13.2 Å². The van der Waals surface area contributed by atoms with Crippen LogP contribution in [0.15, 0.2) is 27.6 Å². The molecule has 2 aliphatic carbocycles. The van der Waals surface area contributed by atoms with Crippen molar-refractivity contribution in [1.82, 2.24) is 9.21 Å². The lowest BCUT2D eigenvalue weighted by Crippen LogP contribution is -2.43. The van der Waals surface area contributed by atoms with Gasteiger partial charge in [0.25, 0.3) is 5.91 Å². The molecule has 2 fully saturated rings. The van der Waals surface area contributed by atoms with Crippen LogP contribution in [0.4, 0.5) is 0 Å². The quantitative estimate of drug-likeness (QED) is 0.694. The zero-order valence-electron chi connectivity index (χ0n) is 15.6. The molecule has 1 amide bonds. The molecule has 1 aromatic rings. The van der Waals surface area contributed by atoms with Crippen LogP contribution in [0.25, 0.3) is 0 Å². The molecule has 0 radical (unpaired) electrons. The van der Waals surface area contributed by atoms with Crippen LogP contribution < -0.4 is 0 Å². The summed E-state index contributed by atoms with van der Waals surface area (Å²) in [5.41, 5.74) is 0.458. The van der Waals surface area contributed by atoms with E-state index in [1.165, 1.54) is 24.5 Å². The molecule has 5 nitrogen and oxygen atoms in total. The average molecular weight is 443 g/mol. The van der Waals surface area contributed by atoms with Crippen molar-refractivity contribution in [2.45, 2.75) is 62.4 Å². The third-order valence-corrected chi connectivity index (χ3v) is 8.30. The fourth-order valence-corrected chi connectivity index (χ4v) is 5.53. The molecule has 0 aromatic heterocycles. The van der Waals surface area contributed by atoms with Crippen LogP contribution in [0.1, 0.15) is 55.8 Å². The lowest BCUT2D eigenvalue weighted by Gasteiger charge is -2.36. The van der Waals surface area contributed by atoms with Crippen molar-refractivity contribution in [2.24, 2.45) is 5.92 Å². The Morgan fingerprint density at radius 1 is 1.04 bits per heavy atom. The van der Waals surface area contributed by atoms with Gasteiger partial charge in [0, 0.05) is 36.2 Å². The second kappa shape index (κ2) is 7.60. The number of benzene rings is 1. The largest absolute Gasteiger partial charge is 0.333 e. The molecular formula is C19H27BrN2O3S. The summed E-state index contributed by atoms with van der Waals surface area (Å²) in [7, 11) is -0.618. The Bertz CT molecular complexity index is 782. The van der Waals surface area contributed by atoms with Crippen LogP contribution in [-0.2, 0) is 10.0 Å². The van der Waals surface area contributed by atoms with Gasteiger partial charge < -0.3 is 4.90 Å². The fraction of sp³-hybridized carbons (Fsp3) is 0.632. The lowest BCUT2D eigenvalue weighted by molar-refractivity contribution is 0.0593. The minimum atomic E-state index is -3.61. The lowest BCUT2D eigenvalue weighted by atomic mass is 9.86. The van der Waals surface area contributed by atoms with Gasteiger partial charge in [-0.1, -0.05) is 6.92 Å². The Morgan fingerprint density at radius 2 is 1.58 bits per heavy atom. The summed E-state index contributed by atoms with van der Waals surface area (Å²) in [4.78, 5) is 15.5. The number of amides is 1. The molecule has 3 rings (SSSR count). The van der Waals surface area contributed by atoms with E-state index in [2.05, 4.69) is 22.9 Å². The summed E-state index contributed by atoms with van der Waals surface area (Å²) < 4.78 is 26.8. The van der Waals surface area contributed by atoms with Crippen molar-refractivity contribution in [3.63, 3.8) is 0 Å². The summed E-state index contributed by atoms with van der Waals surface area (Å²) >= 11 is 3.31. The Balaban J connectivity index is 1.91. The Kier molecular flexibility index (Phi) is 5.80. The highest BCUT2D eigenvalue weighted by molar-refractivity contribution is 9.10. The Morgan fingerprint density at radius 3 is 2.08 bits per heavy atom. The standard InChI is InChI=1S/C19H27BrN2O3S/c1-13-4-7-15(8-5-13)22(16-9-10-16)19(23)14-6-11-17(20)18(12-14)26(24,25)21(2)3/h6,11-13,15-16H,4-5,7-10H2,1-3H3. The van der Waals surface area contributed by atoms with Gasteiger partial charge in [-0.15, -0.1) is 0 Å². The smallest absolute Gasteiger partial charge is 0.254 e. The van der Waals surface area contributed by atoms with Gasteiger partial charge in [-0.2, -0.15) is 0 Å². The van der Waals surface area contributed by atoms with Crippen molar-refractivity contribution in [2.75, 3.05) is 14.1 Å². The van der Waals surface area contributed by atoms with Gasteiger partial charge in [-0.05, 0) is 78.6 Å². The maximum atomic E-state index is 13.3. The highest BCUT2D eigenvalue weighted by Gasteiger charge is 2.39. The van der Waals surface area contributed by atoms with E-state index in [1.807, 2.05) is 4.90 Å². The highest BCUT2D eigenvalue weighted by atomic mass is 79.9. The van der Waals surface area contributed by atoms with Gasteiger partial charge in [0.05, 0.1) is 4.90 Å². The van der Waals surface area contributed by atoms with Crippen molar-refractivity contribution in [3.8, 4) is 0 Å². The summed E-state index contributed by atoms with van der Waals surface area (Å²) in [6.45, 7) is 2.27. The molecule has 7 heteroatoms. The molecule has 0 N–H and O–H groups in total. The van der Waals surface area contributed by atoms with Crippen LogP contribution >= 0.6 is 15.9 Å². The predicted molar refractivity (Wildman–Crippen MR) is 106 cm³/mol. The predicted octanol–water partition coefficient (Wildman–Crippen LogP) is 3.88. The number of hydrogen-bond acceptors (Lipinski definition) is 3. The molecule has 0 unspecified atom stereocenters. The Hall–Kier alpha value is -0.920. The first-order valence-corrected chi connectivity index (χ1v) is 11.5. The average Bonchev–Trinajstić information content (AvgIpc) is 3.41. The van der Waals surface area contributed by atoms with E-state index in [9.17, 15) is 13.2 Å². The van der Waals surface area contributed by atoms with Crippen molar-refractivity contribution in [1.29, 1.82) is 0 Å². The normalized spacial score (nSPS) is 23.9. The molecule has 0 atom stereocenters. The molecule has 0 saturated heterocycles. The first-order chi connectivity index (χ1) is 12.2. The number of nitrogens with zero attached hydrogens (tertiary/aromatic N) is 2. The molecular weight excluding hydrogens is 416 g/mol. The summed E-state index contributed by atoms with van der Waals surface area (Å²) in [5, 5.41) is 0. The molecule has 0 aliphatic heterocycles. The van der Waals surface area contributed by atoms with Crippen LogP contribution in [0.3, 0.4) is 0 Å². The zero-order valence-corrected chi connectivity index (χ0v) is 18.0. The van der Waals surface area contributed by atoms with E-state index < -0.39 is 10.0 Å². The number of sulfonamides is 1. The van der Waals surface area contributed by atoms with Crippen LogP contribution in [-0.4, -0.2) is 49.7 Å². The van der Waals surface area contributed by atoms with Gasteiger partial charge in [0.1, 0.15) is 0 Å². The number of hydrogen-bond donors (Lipinski definition) is 0. The minimum Gasteiger partial charge on any atom is -0.333 e. The third kappa shape index (κ3) is 3.99. The van der Waals surface area contributed by atoms with Gasteiger partial charge >= 0.3 is 0 Å². The number of carbonyl (C=O) groups is 1. The Labute approximate surface area is 164 Å². The molecule has 26 heavy (non-hydrogen) atoms. The maximum absolute atomic E-state index is 13.3. The van der Waals surface area contributed by atoms with E-state index in [0.717, 1.165) is 44.4 Å². The number of rotatable bonds is 5. The van der Waals surface area contributed by atoms with Crippen molar-refractivity contribution in [3.05, 3.63) is 28.2 Å². The van der Waals surface area contributed by atoms with E-state index in [4.69, 9.17) is 0 Å². The molecule has 1 aromatic carbocycles. The monoisotopic (exact) mass is 442 g/mol. The van der Waals surface area contributed by atoms with Gasteiger partial charge in [0.15, 0.2) is 0 Å². The molecule has 0 spiro atoms. The highest BCUT2D eigenvalue weighted by Crippen LogP contribution is 2.37. The second-order valence-electron chi connectivity index (χ2n) is 7.79. The molecule has 0 bridgehead atoms. The third-order valence-electron chi connectivity index (χ3n) is 5.49. The van der Waals surface area contributed by atoms with Crippen LogP contribution in [0.5, 0.6) is 0 Å². The minimum absolute atomic E-state index is 0.0326. The first-order valence-electron chi connectivity index (χ1n) is 9.26. The zero-order chi connectivity index (χ0) is 19.1. The topological polar surface area (TPSA) is 57.7 Å². The van der Waals surface area contributed by atoms with Crippen LogP contribution in [0, 0.1) is 5.92 Å². The first kappa shape index (κ1) is 19.8. The van der Waals surface area contributed by atoms with Gasteiger partial charge in [0.2, 0.25) is 10.0 Å². The van der Waals surface area contributed by atoms with Crippen LogP contribution in [0.2, 0.25) is 0 Å². The summed E-state index contributed by atoms with van der Waals surface area (Å²) in [5.74, 6) is 0.696. The maximum Gasteiger partial charge on any atom is 0.254 e. The van der Waals surface area contributed by atoms with E-state index in [-0.39, 0.29) is 16.8 Å². The van der Waals surface area contributed by atoms with E-state index in [1.54, 1.807) is 12.1 Å². The second-order valence-corrected chi connectivity index (χ2v) is 10.8. The molecule has 2 aliphatic rings. The SMILES string of the molecule is CC1CCC(N(C(=O)c2ccc(Br)c(S(=O)(=O)N(C)C)c2)C2CC2)CC1. The summed E-state index contributed by atoms with van der Waals surface area (Å²) in [6.07, 6.45) is 6.50. The van der Waals surface area contributed by atoms with E-state index >= 15 is 0 Å². The number of halogens is 1. The van der Waals surface area contributed by atoms with Gasteiger partial charge in [-0.3, -0.25) is 4.79 Å². The fourth-order valence-electron chi connectivity index (χ4n) is 3.68. The van der Waals surface area contributed by atoms with E-state index in [0.29, 0.717) is 16.1 Å². The molecule has 0 heterocycles. The molecule has 2 saturated carbocycles. The van der Waals surface area contributed by atoms with Crippen molar-refractivity contribution >= 4 is 31.9 Å². The number of carbonyl (C=O) groups excluding carboxylic acids is 1. The summed E-state index contributed by atoms with van der Waals surface area (Å²) in [6, 6.07) is 5.50. The van der Waals surface area contributed by atoms with Gasteiger partial charge in [-0.25, -0.2) is 12.7 Å². The molecule has 144 valence electrons.